The third-order valence-electron chi connectivity index (χ3n) is 6.41. The van der Waals surface area contributed by atoms with E-state index in [1.54, 1.807) is 13.8 Å². The molecule has 0 aromatic rings. The lowest BCUT2D eigenvalue weighted by Gasteiger charge is -2.59. The number of hydrogen-bond donors (Lipinski definition) is 1. The highest BCUT2D eigenvalue weighted by molar-refractivity contribution is 5.87. The highest BCUT2D eigenvalue weighted by Gasteiger charge is 2.59. The Bertz CT molecular complexity index is 661. The van der Waals surface area contributed by atoms with Crippen molar-refractivity contribution in [3.63, 3.8) is 0 Å². The van der Waals surface area contributed by atoms with Crippen molar-refractivity contribution in [3.05, 3.63) is 24.3 Å². The zero-order valence-electron chi connectivity index (χ0n) is 17.7. The van der Waals surface area contributed by atoms with Crippen LogP contribution in [0.2, 0.25) is 0 Å². The second-order valence-corrected chi connectivity index (χ2v) is 9.55. The van der Waals surface area contributed by atoms with Crippen molar-refractivity contribution in [2.45, 2.75) is 82.5 Å². The predicted molar refractivity (Wildman–Crippen MR) is 108 cm³/mol. The zero-order chi connectivity index (χ0) is 21.2. The summed E-state index contributed by atoms with van der Waals surface area (Å²) < 4.78 is 15.9. The lowest BCUT2D eigenvalue weighted by molar-refractivity contribution is -0.217. The highest BCUT2D eigenvalue weighted by Crippen LogP contribution is 2.58. The summed E-state index contributed by atoms with van der Waals surface area (Å²) in [6.45, 7) is 11.6. The largest absolute Gasteiger partial charge is 0.460 e. The van der Waals surface area contributed by atoms with E-state index in [9.17, 15) is 14.7 Å². The summed E-state index contributed by atoms with van der Waals surface area (Å²) >= 11 is 0. The quantitative estimate of drug-likeness (QED) is 0.556. The molecule has 162 valence electrons. The first-order valence-corrected chi connectivity index (χ1v) is 10.7. The van der Waals surface area contributed by atoms with Gasteiger partial charge in [0.25, 0.3) is 0 Å². The first-order chi connectivity index (χ1) is 13.6. The second kappa shape index (κ2) is 8.60. The smallest absolute Gasteiger partial charge is 0.333 e. The monoisotopic (exact) mass is 406 g/mol. The maximum absolute atomic E-state index is 11.7. The molecule has 0 aromatic carbocycles. The van der Waals surface area contributed by atoms with Gasteiger partial charge < -0.3 is 19.3 Å². The normalized spacial score (nSPS) is 36.7. The van der Waals surface area contributed by atoms with E-state index in [4.69, 9.17) is 14.2 Å². The van der Waals surface area contributed by atoms with Gasteiger partial charge in [-0.1, -0.05) is 13.2 Å². The number of rotatable bonds is 5. The summed E-state index contributed by atoms with van der Waals surface area (Å²) in [4.78, 5) is 22.7. The Morgan fingerprint density at radius 2 is 1.69 bits per heavy atom. The summed E-state index contributed by atoms with van der Waals surface area (Å²) in [6.07, 6.45) is 7.66. The van der Waals surface area contributed by atoms with E-state index in [0.29, 0.717) is 36.0 Å². The summed E-state index contributed by atoms with van der Waals surface area (Å²) in [5, 5.41) is 10.5. The van der Waals surface area contributed by atoms with Crippen LogP contribution in [0.4, 0.5) is 0 Å². The lowest BCUT2D eigenvalue weighted by atomic mass is 9.52. The number of carbonyl (C=O) groups is 2. The molecule has 5 fully saturated rings. The van der Waals surface area contributed by atoms with Crippen LogP contribution in [-0.4, -0.2) is 47.6 Å². The number of hydrogen-bond acceptors (Lipinski definition) is 6. The first-order valence-electron chi connectivity index (χ1n) is 10.7. The Kier molecular flexibility index (Phi) is 6.54. The summed E-state index contributed by atoms with van der Waals surface area (Å²) in [7, 11) is 0. The van der Waals surface area contributed by atoms with Gasteiger partial charge in [-0.05, 0) is 70.6 Å². The summed E-state index contributed by atoms with van der Waals surface area (Å²) in [6, 6.07) is 0. The van der Waals surface area contributed by atoms with E-state index in [1.165, 1.54) is 6.42 Å². The molecule has 3 unspecified atom stereocenters. The molecule has 6 nitrogen and oxygen atoms in total. The van der Waals surface area contributed by atoms with Gasteiger partial charge in [0.05, 0.1) is 11.7 Å². The fraction of sp³-hybridized carbons (Fsp3) is 0.739. The van der Waals surface area contributed by atoms with Crippen LogP contribution >= 0.6 is 0 Å². The van der Waals surface area contributed by atoms with Gasteiger partial charge in [0.15, 0.2) is 0 Å². The average Bonchev–Trinajstić information content (AvgIpc) is 3.10. The molecule has 5 rings (SSSR count). The van der Waals surface area contributed by atoms with Gasteiger partial charge in [0.2, 0.25) is 0 Å². The SMILES string of the molecule is C=C(C)C(=O)OC12CC3CC(CC(O)(C3)C1)C2.C=C(C)C(=O)OCC1CCCO1. The fourth-order valence-electron chi connectivity index (χ4n) is 5.60. The van der Waals surface area contributed by atoms with Crippen molar-refractivity contribution in [1.29, 1.82) is 0 Å². The van der Waals surface area contributed by atoms with Crippen LogP contribution in [0.5, 0.6) is 0 Å². The van der Waals surface area contributed by atoms with Gasteiger partial charge in [-0.25, -0.2) is 9.59 Å². The Balaban J connectivity index is 0.000000177. The Labute approximate surface area is 173 Å². The Morgan fingerprint density at radius 3 is 2.17 bits per heavy atom. The Morgan fingerprint density at radius 1 is 1.07 bits per heavy atom. The number of aliphatic hydroxyl groups is 1. The van der Waals surface area contributed by atoms with Gasteiger partial charge in [-0.2, -0.15) is 0 Å². The number of ether oxygens (including phenoxy) is 3. The van der Waals surface area contributed by atoms with Gasteiger partial charge in [-0.3, -0.25) is 0 Å². The third kappa shape index (κ3) is 5.48. The zero-order valence-corrected chi connectivity index (χ0v) is 17.7. The molecular formula is C23H34O6. The minimum absolute atomic E-state index is 0.105. The van der Waals surface area contributed by atoms with E-state index in [1.807, 2.05) is 0 Å². The average molecular weight is 407 g/mol. The van der Waals surface area contributed by atoms with Gasteiger partial charge in [0, 0.05) is 24.2 Å². The molecule has 1 N–H and O–H groups in total. The molecule has 3 atom stereocenters. The molecule has 1 saturated heterocycles. The Hall–Kier alpha value is -1.66. The van der Waals surface area contributed by atoms with Gasteiger partial charge in [0.1, 0.15) is 12.2 Å². The molecule has 4 saturated carbocycles. The van der Waals surface area contributed by atoms with Crippen molar-refractivity contribution in [2.75, 3.05) is 13.2 Å². The van der Waals surface area contributed by atoms with E-state index >= 15 is 0 Å². The van der Waals surface area contributed by atoms with Crippen molar-refractivity contribution in [3.8, 4) is 0 Å². The standard InChI is InChI=1S/C14H20O3.C9H14O3/c1-9(2)12(15)17-14-6-10-3-11(7-14)5-13(16,4-10)8-14;1-7(2)9(10)12-6-8-4-3-5-11-8/h10-11,16H,1,3-8H2,2H3;8H,1,3-6H2,2H3. The maximum Gasteiger partial charge on any atom is 0.333 e. The van der Waals surface area contributed by atoms with Crippen molar-refractivity contribution >= 4 is 11.9 Å². The molecule has 1 aliphatic heterocycles. The molecule has 0 amide bonds. The van der Waals surface area contributed by atoms with Crippen molar-refractivity contribution < 1.29 is 28.9 Å². The van der Waals surface area contributed by atoms with E-state index in [-0.39, 0.29) is 18.0 Å². The van der Waals surface area contributed by atoms with Crippen LogP contribution in [0.25, 0.3) is 0 Å². The molecular weight excluding hydrogens is 372 g/mol. The first kappa shape index (κ1) is 22.0. The van der Waals surface area contributed by atoms with E-state index in [2.05, 4.69) is 13.2 Å². The van der Waals surface area contributed by atoms with Gasteiger partial charge in [-0.15, -0.1) is 0 Å². The van der Waals surface area contributed by atoms with Crippen LogP contribution in [-0.2, 0) is 23.8 Å². The topological polar surface area (TPSA) is 82.1 Å². The molecule has 4 aliphatic carbocycles. The number of carbonyl (C=O) groups excluding carboxylic acids is 2. The molecule has 0 aromatic heterocycles. The summed E-state index contributed by atoms with van der Waals surface area (Å²) in [5.41, 5.74) is -0.0744. The van der Waals surface area contributed by atoms with Crippen LogP contribution in [0.15, 0.2) is 24.3 Å². The number of esters is 2. The van der Waals surface area contributed by atoms with Crippen LogP contribution in [0.3, 0.4) is 0 Å². The predicted octanol–water partition coefficient (Wildman–Crippen LogP) is 3.47. The molecule has 6 heteroatoms. The van der Waals surface area contributed by atoms with Gasteiger partial charge >= 0.3 is 11.9 Å². The highest BCUT2D eigenvalue weighted by atomic mass is 16.6. The molecule has 4 bridgehead atoms. The van der Waals surface area contributed by atoms with E-state index < -0.39 is 11.2 Å². The van der Waals surface area contributed by atoms with Crippen LogP contribution in [0, 0.1) is 11.8 Å². The minimum Gasteiger partial charge on any atom is -0.460 e. The molecule has 5 aliphatic rings. The molecule has 1 heterocycles. The minimum atomic E-state index is -0.570. The molecule has 0 spiro atoms. The van der Waals surface area contributed by atoms with Crippen molar-refractivity contribution in [2.24, 2.45) is 11.8 Å². The van der Waals surface area contributed by atoms with Crippen LogP contribution in [0.1, 0.15) is 65.2 Å². The van der Waals surface area contributed by atoms with Crippen molar-refractivity contribution in [1.82, 2.24) is 0 Å². The lowest BCUT2D eigenvalue weighted by Crippen LogP contribution is -2.60. The second-order valence-electron chi connectivity index (χ2n) is 9.55. The molecule has 0 radical (unpaired) electrons. The fourth-order valence-corrected chi connectivity index (χ4v) is 5.60. The third-order valence-corrected chi connectivity index (χ3v) is 6.41. The maximum atomic E-state index is 11.7. The summed E-state index contributed by atoms with van der Waals surface area (Å²) in [5.74, 6) is 0.458. The van der Waals surface area contributed by atoms with Crippen LogP contribution < -0.4 is 0 Å². The molecule has 29 heavy (non-hydrogen) atoms. The van der Waals surface area contributed by atoms with E-state index in [0.717, 1.165) is 45.1 Å².